The summed E-state index contributed by atoms with van der Waals surface area (Å²) in [4.78, 5) is 4.58. The molecule has 0 atom stereocenters. The van der Waals surface area contributed by atoms with E-state index in [1.807, 2.05) is 6.07 Å². The third kappa shape index (κ3) is 2.61. The van der Waals surface area contributed by atoms with Gasteiger partial charge in [0.25, 0.3) is 0 Å². The summed E-state index contributed by atoms with van der Waals surface area (Å²) in [5.74, 6) is 1.84. The van der Waals surface area contributed by atoms with E-state index in [1.165, 1.54) is 11.1 Å². The zero-order chi connectivity index (χ0) is 14.1. The van der Waals surface area contributed by atoms with Crippen molar-refractivity contribution in [2.24, 2.45) is 5.73 Å². The second-order valence-electron chi connectivity index (χ2n) is 5.87. The van der Waals surface area contributed by atoms with Crippen LogP contribution in [0.15, 0.2) is 22.7 Å². The first-order valence-corrected chi connectivity index (χ1v) is 7.30. The molecule has 1 saturated carbocycles. The lowest BCUT2D eigenvalue weighted by Gasteiger charge is -2.22. The summed E-state index contributed by atoms with van der Waals surface area (Å²) in [5, 5.41) is 4.13. The van der Waals surface area contributed by atoms with Gasteiger partial charge in [-0.1, -0.05) is 17.3 Å². The monoisotopic (exact) mass is 271 g/mol. The smallest absolute Gasteiger partial charge is 0.230 e. The normalized spacial score (nSPS) is 22.9. The van der Waals surface area contributed by atoms with Crippen LogP contribution in [-0.2, 0) is 0 Å². The summed E-state index contributed by atoms with van der Waals surface area (Å²) < 4.78 is 5.46. The Balaban J connectivity index is 1.81. The highest BCUT2D eigenvalue weighted by molar-refractivity contribution is 5.56. The fourth-order valence-corrected chi connectivity index (χ4v) is 2.76. The van der Waals surface area contributed by atoms with Gasteiger partial charge in [0.05, 0.1) is 0 Å². The molecule has 2 N–H and O–H groups in total. The second kappa shape index (κ2) is 5.37. The van der Waals surface area contributed by atoms with E-state index in [2.05, 4.69) is 36.1 Å². The van der Waals surface area contributed by atoms with Crippen molar-refractivity contribution in [1.29, 1.82) is 0 Å². The summed E-state index contributed by atoms with van der Waals surface area (Å²) in [6.45, 7) is 4.20. The zero-order valence-corrected chi connectivity index (χ0v) is 12.1. The Morgan fingerprint density at radius 3 is 2.55 bits per heavy atom. The van der Waals surface area contributed by atoms with Gasteiger partial charge in [0.2, 0.25) is 11.7 Å². The minimum absolute atomic E-state index is 0.341. The summed E-state index contributed by atoms with van der Waals surface area (Å²) >= 11 is 0. The molecular weight excluding hydrogens is 250 g/mol. The summed E-state index contributed by atoms with van der Waals surface area (Å²) in [7, 11) is 0. The van der Waals surface area contributed by atoms with E-state index in [0.717, 1.165) is 37.1 Å². The lowest BCUT2D eigenvalue weighted by molar-refractivity contribution is 0.301. The molecule has 0 saturated heterocycles. The van der Waals surface area contributed by atoms with Gasteiger partial charge in [0, 0.05) is 17.5 Å². The van der Waals surface area contributed by atoms with Crippen LogP contribution < -0.4 is 5.73 Å². The third-order valence-electron chi connectivity index (χ3n) is 4.33. The largest absolute Gasteiger partial charge is 0.339 e. The molecule has 2 aromatic rings. The number of hydrogen-bond acceptors (Lipinski definition) is 4. The molecule has 3 rings (SSSR count). The standard InChI is InChI=1S/C16H21N3O/c1-10-3-4-13(9-11(10)2)15-18-16(20-19-15)12-5-7-14(17)8-6-12/h3-4,9,12,14H,5-8,17H2,1-2H3. The molecule has 4 nitrogen and oxygen atoms in total. The molecule has 1 aliphatic rings. The minimum atomic E-state index is 0.341. The predicted molar refractivity (Wildman–Crippen MR) is 78.4 cm³/mol. The van der Waals surface area contributed by atoms with Gasteiger partial charge in [-0.3, -0.25) is 0 Å². The van der Waals surface area contributed by atoms with Crippen molar-refractivity contribution >= 4 is 0 Å². The van der Waals surface area contributed by atoms with Gasteiger partial charge in [0.1, 0.15) is 0 Å². The Kier molecular flexibility index (Phi) is 3.57. The average Bonchev–Trinajstić information content (AvgIpc) is 2.92. The molecule has 1 aromatic carbocycles. The first kappa shape index (κ1) is 13.3. The number of hydrogen-bond donors (Lipinski definition) is 1. The fourth-order valence-electron chi connectivity index (χ4n) is 2.76. The van der Waals surface area contributed by atoms with Crippen LogP contribution in [-0.4, -0.2) is 16.2 Å². The molecule has 20 heavy (non-hydrogen) atoms. The van der Waals surface area contributed by atoms with Crippen LogP contribution in [0.4, 0.5) is 0 Å². The number of benzene rings is 1. The van der Waals surface area contributed by atoms with Crippen LogP contribution >= 0.6 is 0 Å². The van der Waals surface area contributed by atoms with E-state index in [0.29, 0.717) is 17.8 Å². The molecule has 4 heteroatoms. The van der Waals surface area contributed by atoms with E-state index in [9.17, 15) is 0 Å². The van der Waals surface area contributed by atoms with Crippen LogP contribution in [0.25, 0.3) is 11.4 Å². The number of aryl methyl sites for hydroxylation is 2. The minimum Gasteiger partial charge on any atom is -0.339 e. The zero-order valence-electron chi connectivity index (χ0n) is 12.1. The van der Waals surface area contributed by atoms with E-state index in [-0.39, 0.29) is 0 Å². The van der Waals surface area contributed by atoms with E-state index in [1.54, 1.807) is 0 Å². The second-order valence-corrected chi connectivity index (χ2v) is 5.87. The van der Waals surface area contributed by atoms with E-state index in [4.69, 9.17) is 10.3 Å². The molecule has 1 aromatic heterocycles. The molecule has 0 unspecified atom stereocenters. The number of nitrogens with zero attached hydrogens (tertiary/aromatic N) is 2. The first-order valence-electron chi connectivity index (χ1n) is 7.30. The molecular formula is C16H21N3O. The van der Waals surface area contributed by atoms with Crippen molar-refractivity contribution in [3.63, 3.8) is 0 Å². The third-order valence-corrected chi connectivity index (χ3v) is 4.33. The van der Waals surface area contributed by atoms with Gasteiger partial charge in [-0.25, -0.2) is 0 Å². The maximum absolute atomic E-state index is 5.94. The van der Waals surface area contributed by atoms with Gasteiger partial charge >= 0.3 is 0 Å². The predicted octanol–water partition coefficient (Wildman–Crippen LogP) is 3.34. The van der Waals surface area contributed by atoms with E-state index < -0.39 is 0 Å². The van der Waals surface area contributed by atoms with Gasteiger partial charge < -0.3 is 10.3 Å². The number of rotatable bonds is 2. The highest BCUT2D eigenvalue weighted by Gasteiger charge is 2.25. The Morgan fingerprint density at radius 2 is 1.85 bits per heavy atom. The van der Waals surface area contributed by atoms with Gasteiger partial charge in [-0.15, -0.1) is 0 Å². The highest BCUT2D eigenvalue weighted by Crippen LogP contribution is 2.32. The molecule has 0 amide bonds. The van der Waals surface area contributed by atoms with Crippen molar-refractivity contribution in [2.75, 3.05) is 0 Å². The molecule has 0 spiro atoms. The SMILES string of the molecule is Cc1ccc(-c2noc(C3CCC(N)CC3)n2)cc1C. The van der Waals surface area contributed by atoms with Crippen LogP contribution in [0.5, 0.6) is 0 Å². The Bertz CT molecular complexity index is 598. The van der Waals surface area contributed by atoms with Crippen LogP contribution in [0, 0.1) is 13.8 Å². The molecule has 106 valence electrons. The molecule has 0 aliphatic heterocycles. The number of aromatic nitrogens is 2. The molecule has 0 bridgehead atoms. The molecule has 1 heterocycles. The summed E-state index contributed by atoms with van der Waals surface area (Å²) in [5.41, 5.74) is 9.48. The van der Waals surface area contributed by atoms with Gasteiger partial charge in [-0.2, -0.15) is 4.98 Å². The van der Waals surface area contributed by atoms with Crippen molar-refractivity contribution in [3.05, 3.63) is 35.2 Å². The Morgan fingerprint density at radius 1 is 1.10 bits per heavy atom. The topological polar surface area (TPSA) is 64.9 Å². The lowest BCUT2D eigenvalue weighted by atomic mass is 9.86. The van der Waals surface area contributed by atoms with Crippen molar-refractivity contribution in [1.82, 2.24) is 10.1 Å². The maximum Gasteiger partial charge on any atom is 0.230 e. The average molecular weight is 271 g/mol. The lowest BCUT2D eigenvalue weighted by Crippen LogP contribution is -2.25. The maximum atomic E-state index is 5.94. The van der Waals surface area contributed by atoms with Crippen molar-refractivity contribution in [2.45, 2.75) is 51.5 Å². The Labute approximate surface area is 119 Å². The first-order chi connectivity index (χ1) is 9.63. The van der Waals surface area contributed by atoms with Crippen LogP contribution in [0.1, 0.15) is 48.6 Å². The van der Waals surface area contributed by atoms with Crippen molar-refractivity contribution < 1.29 is 4.52 Å². The molecule has 1 fully saturated rings. The summed E-state index contributed by atoms with van der Waals surface area (Å²) in [6, 6.07) is 6.60. The van der Waals surface area contributed by atoms with Crippen LogP contribution in [0.3, 0.4) is 0 Å². The quantitative estimate of drug-likeness (QED) is 0.909. The summed E-state index contributed by atoms with van der Waals surface area (Å²) in [6.07, 6.45) is 4.20. The van der Waals surface area contributed by atoms with E-state index >= 15 is 0 Å². The van der Waals surface area contributed by atoms with Crippen molar-refractivity contribution in [3.8, 4) is 11.4 Å². The number of nitrogens with two attached hydrogens (primary N) is 1. The van der Waals surface area contributed by atoms with Gasteiger partial charge in [-0.05, 0) is 56.7 Å². The highest BCUT2D eigenvalue weighted by atomic mass is 16.5. The van der Waals surface area contributed by atoms with Gasteiger partial charge in [0.15, 0.2) is 0 Å². The van der Waals surface area contributed by atoms with Crippen LogP contribution in [0.2, 0.25) is 0 Å². The fraction of sp³-hybridized carbons (Fsp3) is 0.500. The Hall–Kier alpha value is -1.68. The molecule has 1 aliphatic carbocycles. The molecule has 0 radical (unpaired) electrons.